The fraction of sp³-hybridized carbons (Fsp3) is 0.300. The summed E-state index contributed by atoms with van der Waals surface area (Å²) < 4.78 is 28.9. The molecule has 0 radical (unpaired) electrons. The van der Waals surface area contributed by atoms with Crippen LogP contribution in [0.15, 0.2) is 94.3 Å². The molecule has 0 unspecified atom stereocenters. The average molecular weight is 545 g/mol. The summed E-state index contributed by atoms with van der Waals surface area (Å²) in [6.07, 6.45) is 3.92. The first-order chi connectivity index (χ1) is 18.9. The standard InChI is InChI=1S/C30H32N4O4S/c1-39(36,37)27-14-12-24(13-15-27)29-31-28(38-32-29)22-23-16-18-33(19-17-23)20-21-34(26-10-6-3-7-11-26)30(35)25-8-4-2-5-9-25/h2-15,23H,16-22H2,1H3. The fourth-order valence-corrected chi connectivity index (χ4v) is 5.53. The van der Waals surface area contributed by atoms with E-state index in [0.717, 1.165) is 43.7 Å². The van der Waals surface area contributed by atoms with Gasteiger partial charge < -0.3 is 14.3 Å². The van der Waals surface area contributed by atoms with Crippen LogP contribution in [0.2, 0.25) is 0 Å². The summed E-state index contributed by atoms with van der Waals surface area (Å²) in [5, 5.41) is 4.09. The third-order valence-corrected chi connectivity index (χ3v) is 8.28. The maximum absolute atomic E-state index is 13.3. The minimum atomic E-state index is -3.25. The van der Waals surface area contributed by atoms with Gasteiger partial charge in [0.25, 0.3) is 5.91 Å². The van der Waals surface area contributed by atoms with Gasteiger partial charge in [-0.1, -0.05) is 41.6 Å². The van der Waals surface area contributed by atoms with E-state index in [9.17, 15) is 13.2 Å². The Bertz CT molecular complexity index is 1480. The van der Waals surface area contributed by atoms with Crippen molar-refractivity contribution in [1.29, 1.82) is 0 Å². The molecule has 5 rings (SSSR count). The number of anilines is 1. The van der Waals surface area contributed by atoms with Crippen molar-refractivity contribution < 1.29 is 17.7 Å². The predicted molar refractivity (Wildman–Crippen MR) is 150 cm³/mol. The van der Waals surface area contributed by atoms with Crippen LogP contribution in [0.1, 0.15) is 29.1 Å². The summed E-state index contributed by atoms with van der Waals surface area (Å²) in [6.45, 7) is 3.31. The molecule has 0 N–H and O–H groups in total. The SMILES string of the molecule is CS(=O)(=O)c1ccc(-c2noc(CC3CCN(CCN(C(=O)c4ccccc4)c4ccccc4)CC3)n2)cc1. The number of benzene rings is 3. The molecule has 1 saturated heterocycles. The number of hydrogen-bond donors (Lipinski definition) is 0. The van der Waals surface area contributed by atoms with Crippen LogP contribution in [0.25, 0.3) is 11.4 Å². The minimum Gasteiger partial charge on any atom is -0.339 e. The molecular formula is C30H32N4O4S. The lowest BCUT2D eigenvalue weighted by molar-refractivity contribution is 0.0980. The normalized spacial score (nSPS) is 14.8. The van der Waals surface area contributed by atoms with E-state index < -0.39 is 9.84 Å². The molecule has 0 aliphatic carbocycles. The Kier molecular flexibility index (Phi) is 8.18. The second-order valence-electron chi connectivity index (χ2n) is 9.96. The van der Waals surface area contributed by atoms with E-state index in [1.807, 2.05) is 65.6 Å². The molecule has 4 aromatic rings. The molecule has 0 spiro atoms. The lowest BCUT2D eigenvalue weighted by Crippen LogP contribution is -2.42. The number of carbonyl (C=O) groups is 1. The summed E-state index contributed by atoms with van der Waals surface area (Å²) in [5.74, 6) is 1.51. The minimum absolute atomic E-state index is 0.00911. The van der Waals surface area contributed by atoms with Crippen LogP contribution in [-0.2, 0) is 16.3 Å². The molecule has 0 atom stereocenters. The van der Waals surface area contributed by atoms with Gasteiger partial charge in [-0.2, -0.15) is 4.98 Å². The number of rotatable bonds is 9. The number of hydrogen-bond acceptors (Lipinski definition) is 7. The first-order valence-corrected chi connectivity index (χ1v) is 15.0. The molecule has 1 aliphatic heterocycles. The van der Waals surface area contributed by atoms with Gasteiger partial charge in [-0.05, 0) is 80.4 Å². The number of carbonyl (C=O) groups excluding carboxylic acids is 1. The Hall–Kier alpha value is -3.82. The highest BCUT2D eigenvalue weighted by molar-refractivity contribution is 7.90. The zero-order valence-electron chi connectivity index (χ0n) is 21.9. The number of piperidine rings is 1. The van der Waals surface area contributed by atoms with Gasteiger partial charge in [0.15, 0.2) is 9.84 Å². The molecule has 9 heteroatoms. The topological polar surface area (TPSA) is 96.6 Å². The van der Waals surface area contributed by atoms with E-state index in [1.165, 1.54) is 6.26 Å². The first kappa shape index (κ1) is 26.8. The number of aromatic nitrogens is 2. The molecule has 1 aliphatic rings. The fourth-order valence-electron chi connectivity index (χ4n) is 4.90. The van der Waals surface area contributed by atoms with Gasteiger partial charge in [0, 0.05) is 42.6 Å². The van der Waals surface area contributed by atoms with E-state index in [2.05, 4.69) is 15.0 Å². The molecule has 1 fully saturated rings. The lowest BCUT2D eigenvalue weighted by atomic mass is 9.93. The van der Waals surface area contributed by atoms with Gasteiger partial charge in [-0.15, -0.1) is 0 Å². The van der Waals surface area contributed by atoms with Crippen molar-refractivity contribution >= 4 is 21.4 Å². The largest absolute Gasteiger partial charge is 0.339 e. The number of amides is 1. The Labute approximate surface area is 229 Å². The molecule has 0 bridgehead atoms. The summed E-state index contributed by atoms with van der Waals surface area (Å²) >= 11 is 0. The van der Waals surface area contributed by atoms with Gasteiger partial charge in [0.2, 0.25) is 11.7 Å². The van der Waals surface area contributed by atoms with Crippen molar-refractivity contribution in [3.63, 3.8) is 0 Å². The van der Waals surface area contributed by atoms with Crippen molar-refractivity contribution in [3.05, 3.63) is 96.4 Å². The molecule has 1 aromatic heterocycles. The summed E-state index contributed by atoms with van der Waals surface area (Å²) in [5.41, 5.74) is 2.31. The zero-order valence-corrected chi connectivity index (χ0v) is 22.8. The highest BCUT2D eigenvalue weighted by atomic mass is 32.2. The van der Waals surface area contributed by atoms with Gasteiger partial charge in [-0.25, -0.2) is 8.42 Å². The maximum Gasteiger partial charge on any atom is 0.258 e. The van der Waals surface area contributed by atoms with Crippen molar-refractivity contribution in [2.24, 2.45) is 5.92 Å². The first-order valence-electron chi connectivity index (χ1n) is 13.1. The average Bonchev–Trinajstić information content (AvgIpc) is 3.43. The zero-order chi connectivity index (χ0) is 27.2. The van der Waals surface area contributed by atoms with E-state index >= 15 is 0 Å². The van der Waals surface area contributed by atoms with Crippen LogP contribution in [-0.4, -0.2) is 61.8 Å². The van der Waals surface area contributed by atoms with E-state index in [0.29, 0.717) is 36.2 Å². The summed E-state index contributed by atoms with van der Waals surface area (Å²) in [6, 6.07) is 25.8. The van der Waals surface area contributed by atoms with E-state index in [1.54, 1.807) is 24.3 Å². The molecule has 1 amide bonds. The highest BCUT2D eigenvalue weighted by Gasteiger charge is 2.24. The van der Waals surface area contributed by atoms with Crippen LogP contribution in [0.5, 0.6) is 0 Å². The number of sulfone groups is 1. The molecule has 39 heavy (non-hydrogen) atoms. The number of para-hydroxylation sites is 1. The van der Waals surface area contributed by atoms with Crippen molar-refractivity contribution in [2.45, 2.75) is 24.2 Å². The lowest BCUT2D eigenvalue weighted by Gasteiger charge is -2.33. The highest BCUT2D eigenvalue weighted by Crippen LogP contribution is 2.24. The Morgan fingerprint density at radius 2 is 1.59 bits per heavy atom. The number of nitrogens with zero attached hydrogens (tertiary/aromatic N) is 4. The third kappa shape index (κ3) is 6.79. The second-order valence-corrected chi connectivity index (χ2v) is 12.0. The molecule has 0 saturated carbocycles. The Morgan fingerprint density at radius 1 is 0.949 bits per heavy atom. The van der Waals surface area contributed by atoms with Crippen LogP contribution in [0, 0.1) is 5.92 Å². The monoisotopic (exact) mass is 544 g/mol. The van der Waals surface area contributed by atoms with Crippen LogP contribution in [0.3, 0.4) is 0 Å². The van der Waals surface area contributed by atoms with E-state index in [-0.39, 0.29) is 10.8 Å². The van der Waals surface area contributed by atoms with Crippen LogP contribution >= 0.6 is 0 Å². The van der Waals surface area contributed by atoms with Gasteiger partial charge in [0.05, 0.1) is 4.90 Å². The van der Waals surface area contributed by atoms with Crippen molar-refractivity contribution in [3.8, 4) is 11.4 Å². The molecule has 2 heterocycles. The summed E-state index contributed by atoms with van der Waals surface area (Å²) in [7, 11) is -3.25. The van der Waals surface area contributed by atoms with Gasteiger partial charge in [0.1, 0.15) is 0 Å². The third-order valence-electron chi connectivity index (χ3n) is 7.15. The van der Waals surface area contributed by atoms with Crippen molar-refractivity contribution in [2.75, 3.05) is 37.3 Å². The van der Waals surface area contributed by atoms with Crippen LogP contribution < -0.4 is 4.90 Å². The van der Waals surface area contributed by atoms with Gasteiger partial charge in [-0.3, -0.25) is 4.79 Å². The Balaban J connectivity index is 1.14. The molecule has 8 nitrogen and oxygen atoms in total. The second kappa shape index (κ2) is 11.9. The predicted octanol–water partition coefficient (Wildman–Crippen LogP) is 4.74. The quantitative estimate of drug-likeness (QED) is 0.300. The maximum atomic E-state index is 13.3. The molecule has 3 aromatic carbocycles. The van der Waals surface area contributed by atoms with Crippen LogP contribution in [0.4, 0.5) is 5.69 Å². The molecule has 202 valence electrons. The smallest absolute Gasteiger partial charge is 0.258 e. The Morgan fingerprint density at radius 3 is 2.23 bits per heavy atom. The van der Waals surface area contributed by atoms with E-state index in [4.69, 9.17) is 4.52 Å². The van der Waals surface area contributed by atoms with Gasteiger partial charge >= 0.3 is 0 Å². The molecular weight excluding hydrogens is 512 g/mol. The summed E-state index contributed by atoms with van der Waals surface area (Å²) in [4.78, 5) is 22.4. The number of likely N-dealkylation sites (tertiary alicyclic amines) is 1. The van der Waals surface area contributed by atoms with Crippen molar-refractivity contribution in [1.82, 2.24) is 15.0 Å².